The Morgan fingerprint density at radius 3 is 2.46 bits per heavy atom. The summed E-state index contributed by atoms with van der Waals surface area (Å²) in [5, 5.41) is 0. The lowest BCUT2D eigenvalue weighted by atomic mass is 9.95. The monoisotopic (exact) mass is 414 g/mol. The Morgan fingerprint density at radius 1 is 1.32 bits per heavy atom. The van der Waals surface area contributed by atoms with Gasteiger partial charge in [0.15, 0.2) is 11.6 Å². The minimum Gasteiger partial charge on any atom is -0.494 e. The van der Waals surface area contributed by atoms with Gasteiger partial charge in [-0.3, -0.25) is 4.79 Å². The first-order chi connectivity index (χ1) is 13.2. The van der Waals surface area contributed by atoms with E-state index in [1.165, 1.54) is 23.5 Å². The van der Waals surface area contributed by atoms with E-state index in [0.717, 1.165) is 6.42 Å². The standard InChI is InChI=1S/C20H31FN2O4S/c1-5-6-13-28(25,26)22-11-9-16(10-12-22)20(24)23(15(2)3)17-7-8-19(27-4)18(21)14-17/h7-8,14-16H,5-6,9-13H2,1-4H3. The van der Waals surface area contributed by atoms with Crippen molar-refractivity contribution in [3.63, 3.8) is 0 Å². The number of sulfonamides is 1. The number of carbonyl (C=O) groups excluding carboxylic acids is 1. The van der Waals surface area contributed by atoms with Gasteiger partial charge < -0.3 is 9.64 Å². The van der Waals surface area contributed by atoms with Crippen LogP contribution in [0, 0.1) is 11.7 Å². The van der Waals surface area contributed by atoms with E-state index in [4.69, 9.17) is 4.74 Å². The summed E-state index contributed by atoms with van der Waals surface area (Å²) in [4.78, 5) is 14.7. The summed E-state index contributed by atoms with van der Waals surface area (Å²) in [6.07, 6.45) is 2.43. The molecular weight excluding hydrogens is 383 g/mol. The molecule has 0 unspecified atom stereocenters. The van der Waals surface area contributed by atoms with Crippen molar-refractivity contribution in [2.75, 3.05) is 30.9 Å². The number of nitrogens with zero attached hydrogens (tertiary/aromatic N) is 2. The van der Waals surface area contributed by atoms with Crippen molar-refractivity contribution in [1.82, 2.24) is 4.31 Å². The molecule has 1 saturated heterocycles. The lowest BCUT2D eigenvalue weighted by molar-refractivity contribution is -0.123. The smallest absolute Gasteiger partial charge is 0.230 e. The highest BCUT2D eigenvalue weighted by Gasteiger charge is 2.34. The van der Waals surface area contributed by atoms with Crippen molar-refractivity contribution in [3.8, 4) is 5.75 Å². The quantitative estimate of drug-likeness (QED) is 0.654. The highest BCUT2D eigenvalue weighted by Crippen LogP contribution is 2.29. The molecule has 0 spiro atoms. The maximum Gasteiger partial charge on any atom is 0.230 e. The second-order valence-electron chi connectivity index (χ2n) is 7.46. The molecule has 1 aliphatic heterocycles. The Hall–Kier alpha value is -1.67. The minimum atomic E-state index is -3.25. The average Bonchev–Trinajstić information content (AvgIpc) is 2.66. The van der Waals surface area contributed by atoms with Crippen LogP contribution >= 0.6 is 0 Å². The summed E-state index contributed by atoms with van der Waals surface area (Å²) in [6, 6.07) is 4.34. The SMILES string of the molecule is CCCCS(=O)(=O)N1CCC(C(=O)N(c2ccc(OC)c(F)c2)C(C)C)CC1. The zero-order valence-electron chi connectivity index (χ0n) is 17.2. The summed E-state index contributed by atoms with van der Waals surface area (Å²) < 4.78 is 45.3. The summed E-state index contributed by atoms with van der Waals surface area (Å²) in [5.74, 6) is -0.595. The number of hydrogen-bond acceptors (Lipinski definition) is 4. The van der Waals surface area contributed by atoms with Gasteiger partial charge in [-0.25, -0.2) is 17.1 Å². The molecule has 1 heterocycles. The molecule has 0 saturated carbocycles. The fourth-order valence-electron chi connectivity index (χ4n) is 3.52. The molecule has 28 heavy (non-hydrogen) atoms. The second kappa shape index (κ2) is 9.69. The number of piperidine rings is 1. The number of methoxy groups -OCH3 is 1. The van der Waals surface area contributed by atoms with E-state index >= 15 is 0 Å². The van der Waals surface area contributed by atoms with Crippen molar-refractivity contribution in [3.05, 3.63) is 24.0 Å². The van der Waals surface area contributed by atoms with Gasteiger partial charge in [0, 0.05) is 36.8 Å². The van der Waals surface area contributed by atoms with Crippen molar-refractivity contribution < 1.29 is 22.3 Å². The molecule has 1 fully saturated rings. The Morgan fingerprint density at radius 2 is 1.96 bits per heavy atom. The molecule has 0 atom stereocenters. The number of rotatable bonds is 8. The van der Waals surface area contributed by atoms with Crippen LogP contribution in [0.5, 0.6) is 5.75 Å². The lowest BCUT2D eigenvalue weighted by Gasteiger charge is -2.35. The Bertz CT molecular complexity index is 774. The average molecular weight is 415 g/mol. The number of ether oxygens (including phenoxy) is 1. The lowest BCUT2D eigenvalue weighted by Crippen LogP contribution is -2.47. The van der Waals surface area contributed by atoms with Crippen LogP contribution in [0.3, 0.4) is 0 Å². The van der Waals surface area contributed by atoms with Crippen LogP contribution in [0.15, 0.2) is 18.2 Å². The molecule has 0 N–H and O–H groups in total. The van der Waals surface area contributed by atoms with Gasteiger partial charge in [-0.05, 0) is 45.2 Å². The first-order valence-corrected chi connectivity index (χ1v) is 11.5. The molecule has 1 amide bonds. The third kappa shape index (κ3) is 5.23. The molecule has 6 nitrogen and oxygen atoms in total. The van der Waals surface area contributed by atoms with Crippen LogP contribution in [0.4, 0.5) is 10.1 Å². The van der Waals surface area contributed by atoms with E-state index in [2.05, 4.69) is 0 Å². The van der Waals surface area contributed by atoms with Crippen LogP contribution in [0.2, 0.25) is 0 Å². The maximum atomic E-state index is 14.1. The van der Waals surface area contributed by atoms with Gasteiger partial charge in [-0.1, -0.05) is 13.3 Å². The number of halogens is 1. The third-order valence-electron chi connectivity index (χ3n) is 5.12. The molecule has 0 radical (unpaired) electrons. The largest absolute Gasteiger partial charge is 0.494 e. The molecule has 2 rings (SSSR count). The maximum absolute atomic E-state index is 14.1. The van der Waals surface area contributed by atoms with Crippen molar-refractivity contribution in [1.29, 1.82) is 0 Å². The zero-order valence-corrected chi connectivity index (χ0v) is 18.0. The molecule has 0 aliphatic carbocycles. The fraction of sp³-hybridized carbons (Fsp3) is 0.650. The summed E-state index contributed by atoms with van der Waals surface area (Å²) in [6.45, 7) is 6.43. The van der Waals surface area contributed by atoms with Gasteiger partial charge in [-0.2, -0.15) is 0 Å². The molecule has 1 aromatic carbocycles. The highest BCUT2D eigenvalue weighted by atomic mass is 32.2. The van der Waals surface area contributed by atoms with Gasteiger partial charge in [0.05, 0.1) is 12.9 Å². The van der Waals surface area contributed by atoms with E-state index in [1.807, 2.05) is 20.8 Å². The first-order valence-electron chi connectivity index (χ1n) is 9.85. The van der Waals surface area contributed by atoms with Crippen LogP contribution < -0.4 is 9.64 Å². The van der Waals surface area contributed by atoms with Gasteiger partial charge in [-0.15, -0.1) is 0 Å². The molecule has 1 aromatic rings. The van der Waals surface area contributed by atoms with Gasteiger partial charge in [0.2, 0.25) is 15.9 Å². The predicted molar refractivity (Wildman–Crippen MR) is 109 cm³/mol. The Labute approximate surface area is 167 Å². The normalized spacial score (nSPS) is 16.4. The van der Waals surface area contributed by atoms with Crippen LogP contribution in [-0.4, -0.2) is 50.6 Å². The highest BCUT2D eigenvalue weighted by molar-refractivity contribution is 7.89. The van der Waals surface area contributed by atoms with E-state index in [-0.39, 0.29) is 29.4 Å². The number of anilines is 1. The zero-order chi connectivity index (χ0) is 20.9. The number of amides is 1. The summed E-state index contributed by atoms with van der Waals surface area (Å²) in [5.41, 5.74) is 0.483. The predicted octanol–water partition coefficient (Wildman–Crippen LogP) is 3.42. The molecule has 0 bridgehead atoms. The molecule has 0 aromatic heterocycles. The van der Waals surface area contributed by atoms with E-state index < -0.39 is 15.8 Å². The van der Waals surface area contributed by atoms with E-state index in [9.17, 15) is 17.6 Å². The van der Waals surface area contributed by atoms with Gasteiger partial charge >= 0.3 is 0 Å². The Kier molecular flexibility index (Phi) is 7.83. The molecule has 158 valence electrons. The van der Waals surface area contributed by atoms with Crippen LogP contribution in [-0.2, 0) is 14.8 Å². The van der Waals surface area contributed by atoms with Gasteiger partial charge in [0.25, 0.3) is 0 Å². The number of carbonyl (C=O) groups is 1. The number of benzene rings is 1. The van der Waals surface area contributed by atoms with Crippen molar-refractivity contribution in [2.24, 2.45) is 5.92 Å². The third-order valence-corrected chi connectivity index (χ3v) is 7.08. The van der Waals surface area contributed by atoms with Crippen molar-refractivity contribution in [2.45, 2.75) is 52.5 Å². The number of unbranched alkanes of at least 4 members (excludes halogenated alkanes) is 1. The number of hydrogen-bond donors (Lipinski definition) is 0. The van der Waals surface area contributed by atoms with E-state index in [1.54, 1.807) is 11.0 Å². The molecule has 1 aliphatic rings. The fourth-order valence-corrected chi connectivity index (χ4v) is 5.20. The van der Waals surface area contributed by atoms with Crippen molar-refractivity contribution >= 4 is 21.6 Å². The second-order valence-corrected chi connectivity index (χ2v) is 9.55. The Balaban J connectivity index is 2.10. The van der Waals surface area contributed by atoms with Gasteiger partial charge in [0.1, 0.15) is 0 Å². The summed E-state index contributed by atoms with van der Waals surface area (Å²) in [7, 11) is -1.86. The summed E-state index contributed by atoms with van der Waals surface area (Å²) >= 11 is 0. The topological polar surface area (TPSA) is 66.9 Å². The van der Waals surface area contributed by atoms with Crippen LogP contribution in [0.1, 0.15) is 46.5 Å². The first kappa shape index (κ1) is 22.6. The molecule has 8 heteroatoms. The minimum absolute atomic E-state index is 0.0924. The van der Waals surface area contributed by atoms with E-state index in [0.29, 0.717) is 38.0 Å². The molecular formula is C20H31FN2O4S. The van der Waals surface area contributed by atoms with Crippen LogP contribution in [0.25, 0.3) is 0 Å².